The molecular weight excluding hydrogens is 344 g/mol. The summed E-state index contributed by atoms with van der Waals surface area (Å²) in [5.74, 6) is 1.36. The Labute approximate surface area is 153 Å². The summed E-state index contributed by atoms with van der Waals surface area (Å²) in [4.78, 5) is 5.84. The maximum atomic E-state index is 4.76. The van der Waals surface area contributed by atoms with Crippen molar-refractivity contribution in [2.45, 2.75) is 6.54 Å². The molecule has 0 bridgehead atoms. The van der Waals surface area contributed by atoms with Crippen LogP contribution in [0.3, 0.4) is 0 Å². The van der Waals surface area contributed by atoms with Gasteiger partial charge in [0.05, 0.1) is 16.9 Å². The molecule has 3 aromatic heterocycles. The van der Waals surface area contributed by atoms with Gasteiger partial charge in [0.15, 0.2) is 5.82 Å². The average Bonchev–Trinajstić information content (AvgIpc) is 3.41. The molecule has 126 valence electrons. The normalized spacial score (nSPS) is 11.2. The van der Waals surface area contributed by atoms with E-state index in [0.717, 1.165) is 21.7 Å². The number of hydrogen-bond donors (Lipinski definition) is 0. The van der Waals surface area contributed by atoms with Crippen LogP contribution in [-0.4, -0.2) is 29.8 Å². The van der Waals surface area contributed by atoms with Gasteiger partial charge in [0, 0.05) is 0 Å². The molecule has 26 heavy (non-hydrogen) atoms. The number of aromatic nitrogens is 6. The van der Waals surface area contributed by atoms with Crippen LogP contribution in [0, 0.1) is 0 Å². The van der Waals surface area contributed by atoms with Gasteiger partial charge in [-0.15, -0.1) is 21.5 Å². The Balaban J connectivity index is 1.64. The van der Waals surface area contributed by atoms with Crippen molar-refractivity contribution >= 4 is 22.4 Å². The fraction of sp³-hybridized carbons (Fsp3) is 0.0526. The van der Waals surface area contributed by atoms with Gasteiger partial charge in [-0.3, -0.25) is 0 Å². The molecule has 0 saturated heterocycles. The minimum Gasteiger partial charge on any atom is -0.238 e. The number of benzene rings is 2. The van der Waals surface area contributed by atoms with Crippen molar-refractivity contribution in [3.05, 3.63) is 77.7 Å². The Morgan fingerprint density at radius 2 is 1.73 bits per heavy atom. The lowest BCUT2D eigenvalue weighted by Gasteiger charge is -2.04. The Morgan fingerprint density at radius 3 is 2.58 bits per heavy atom. The van der Waals surface area contributed by atoms with Crippen LogP contribution in [0.5, 0.6) is 0 Å². The quantitative estimate of drug-likeness (QED) is 0.490. The minimum atomic E-state index is 0.526. The summed E-state index contributed by atoms with van der Waals surface area (Å²) in [6.07, 6.45) is 0. The van der Waals surface area contributed by atoms with E-state index in [1.165, 1.54) is 5.56 Å². The van der Waals surface area contributed by atoms with E-state index < -0.39 is 0 Å². The van der Waals surface area contributed by atoms with E-state index in [0.29, 0.717) is 12.5 Å². The Hall–Kier alpha value is -3.32. The van der Waals surface area contributed by atoms with E-state index in [4.69, 9.17) is 10.1 Å². The smallest absolute Gasteiger partial charge is 0.238 e. The molecule has 7 heteroatoms. The summed E-state index contributed by atoms with van der Waals surface area (Å²) < 4.78 is 3.61. The van der Waals surface area contributed by atoms with Crippen LogP contribution < -0.4 is 0 Å². The monoisotopic (exact) mass is 358 g/mol. The fourth-order valence-electron chi connectivity index (χ4n) is 2.89. The molecule has 0 aliphatic heterocycles. The molecule has 0 amide bonds. The van der Waals surface area contributed by atoms with Crippen molar-refractivity contribution in [2.24, 2.45) is 0 Å². The first-order valence-corrected chi connectivity index (χ1v) is 9.10. The molecular formula is C19H14N6S. The standard InChI is InChI=1S/C19H14N6S/c1-2-7-14(8-3-1)13-24-18(17-11-6-12-26-17)20-19(22-24)25-16-10-5-4-9-15(16)21-23-25/h1-12H,13H2. The van der Waals surface area contributed by atoms with Crippen LogP contribution in [0.4, 0.5) is 0 Å². The van der Waals surface area contributed by atoms with Gasteiger partial charge >= 0.3 is 0 Å². The van der Waals surface area contributed by atoms with Crippen LogP contribution in [0.1, 0.15) is 5.56 Å². The molecule has 5 rings (SSSR count). The Bertz CT molecular complexity index is 1160. The highest BCUT2D eigenvalue weighted by atomic mass is 32.1. The lowest BCUT2D eigenvalue weighted by molar-refractivity contribution is 0.673. The molecule has 0 radical (unpaired) electrons. The zero-order chi connectivity index (χ0) is 17.3. The second-order valence-corrected chi connectivity index (χ2v) is 6.79. The van der Waals surface area contributed by atoms with Gasteiger partial charge in [0.2, 0.25) is 0 Å². The van der Waals surface area contributed by atoms with Crippen LogP contribution in [-0.2, 0) is 6.54 Å². The van der Waals surface area contributed by atoms with Gasteiger partial charge in [0.25, 0.3) is 5.95 Å². The molecule has 0 atom stereocenters. The molecule has 6 nitrogen and oxygen atoms in total. The van der Waals surface area contributed by atoms with Gasteiger partial charge in [-0.25, -0.2) is 4.68 Å². The molecule has 3 heterocycles. The number of nitrogens with zero attached hydrogens (tertiary/aromatic N) is 6. The minimum absolute atomic E-state index is 0.526. The van der Waals surface area contributed by atoms with Crippen molar-refractivity contribution in [2.75, 3.05) is 0 Å². The van der Waals surface area contributed by atoms with E-state index in [1.54, 1.807) is 16.0 Å². The van der Waals surface area contributed by atoms with Gasteiger partial charge in [0.1, 0.15) is 5.52 Å². The second kappa shape index (κ2) is 6.20. The van der Waals surface area contributed by atoms with Crippen LogP contribution in [0.15, 0.2) is 72.1 Å². The fourth-order valence-corrected chi connectivity index (χ4v) is 3.61. The highest BCUT2D eigenvalue weighted by molar-refractivity contribution is 7.13. The largest absolute Gasteiger partial charge is 0.272 e. The predicted molar refractivity (Wildman–Crippen MR) is 101 cm³/mol. The molecule has 2 aromatic carbocycles. The van der Waals surface area contributed by atoms with Gasteiger partial charge in [-0.05, 0) is 29.1 Å². The van der Waals surface area contributed by atoms with Crippen molar-refractivity contribution in [3.63, 3.8) is 0 Å². The molecule has 0 aliphatic rings. The van der Waals surface area contributed by atoms with Crippen molar-refractivity contribution < 1.29 is 0 Å². The summed E-state index contributed by atoms with van der Waals surface area (Å²) in [5, 5.41) is 15.2. The lowest BCUT2D eigenvalue weighted by Crippen LogP contribution is -2.05. The van der Waals surface area contributed by atoms with E-state index >= 15 is 0 Å². The number of para-hydroxylation sites is 1. The zero-order valence-electron chi connectivity index (χ0n) is 13.7. The molecule has 0 fully saturated rings. The van der Waals surface area contributed by atoms with E-state index in [2.05, 4.69) is 28.5 Å². The maximum absolute atomic E-state index is 4.76. The number of hydrogen-bond acceptors (Lipinski definition) is 5. The number of thiophene rings is 1. The predicted octanol–water partition coefficient (Wildman–Crippen LogP) is 3.79. The second-order valence-electron chi connectivity index (χ2n) is 5.85. The van der Waals surface area contributed by atoms with Gasteiger partial charge in [-0.1, -0.05) is 53.7 Å². The summed E-state index contributed by atoms with van der Waals surface area (Å²) in [6.45, 7) is 0.647. The number of fused-ring (bicyclic) bond motifs is 1. The van der Waals surface area contributed by atoms with Crippen LogP contribution in [0.25, 0.3) is 27.7 Å². The molecule has 0 spiro atoms. The topological polar surface area (TPSA) is 61.4 Å². The zero-order valence-corrected chi connectivity index (χ0v) is 14.5. The summed E-state index contributed by atoms with van der Waals surface area (Å²) in [6, 6.07) is 22.1. The van der Waals surface area contributed by atoms with E-state index in [1.807, 2.05) is 58.6 Å². The first-order valence-electron chi connectivity index (χ1n) is 8.22. The summed E-state index contributed by atoms with van der Waals surface area (Å²) in [7, 11) is 0. The third-order valence-corrected chi connectivity index (χ3v) is 4.98. The third-order valence-electron chi connectivity index (χ3n) is 4.12. The first-order chi connectivity index (χ1) is 12.9. The summed E-state index contributed by atoms with van der Waals surface area (Å²) in [5.41, 5.74) is 2.89. The Morgan fingerprint density at radius 1 is 0.885 bits per heavy atom. The first kappa shape index (κ1) is 15.0. The molecule has 0 unspecified atom stereocenters. The molecule has 0 saturated carbocycles. The van der Waals surface area contributed by atoms with Crippen molar-refractivity contribution in [1.82, 2.24) is 29.8 Å². The van der Waals surface area contributed by atoms with Crippen LogP contribution >= 0.6 is 11.3 Å². The highest BCUT2D eigenvalue weighted by Crippen LogP contribution is 2.25. The molecule has 5 aromatic rings. The number of rotatable bonds is 4. The summed E-state index contributed by atoms with van der Waals surface area (Å²) >= 11 is 1.65. The van der Waals surface area contributed by atoms with E-state index in [9.17, 15) is 0 Å². The van der Waals surface area contributed by atoms with Gasteiger partial charge < -0.3 is 0 Å². The van der Waals surface area contributed by atoms with Crippen molar-refractivity contribution in [1.29, 1.82) is 0 Å². The Kier molecular flexibility index (Phi) is 3.57. The van der Waals surface area contributed by atoms with Crippen LogP contribution in [0.2, 0.25) is 0 Å². The van der Waals surface area contributed by atoms with Gasteiger partial charge in [-0.2, -0.15) is 9.67 Å². The molecule has 0 aliphatic carbocycles. The van der Waals surface area contributed by atoms with E-state index in [-0.39, 0.29) is 0 Å². The highest BCUT2D eigenvalue weighted by Gasteiger charge is 2.17. The molecule has 0 N–H and O–H groups in total. The third kappa shape index (κ3) is 2.58. The van der Waals surface area contributed by atoms with Crippen molar-refractivity contribution in [3.8, 4) is 16.6 Å². The lowest BCUT2D eigenvalue weighted by atomic mass is 10.2. The SMILES string of the molecule is c1ccc(Cn2nc(-n3nnc4ccccc43)nc2-c2cccs2)cc1. The maximum Gasteiger partial charge on any atom is 0.272 e. The average molecular weight is 358 g/mol.